The monoisotopic (exact) mass is 452 g/mol. The molecule has 1 amide bonds. The highest BCUT2D eigenvalue weighted by Crippen LogP contribution is 2.34. The Hall–Kier alpha value is -4.09. The Morgan fingerprint density at radius 1 is 1.18 bits per heavy atom. The molecule has 8 nitrogen and oxygen atoms in total. The molecule has 3 unspecified atom stereocenters. The standard InChI is InChI=1S/C26H24N6O2/c1-16-31-32-26(34-16)17-10-11-22(18(14-17)15-27)28-12-13-29-24-19-6-2-3-7-20(19)25(33)30-23-9-5-4-8-21(23)24/h2-11,17-18,24,29H,12-14H2,1H3,(H,30,33). The van der Waals surface area contributed by atoms with E-state index >= 15 is 0 Å². The van der Waals surface area contributed by atoms with Gasteiger partial charge in [-0.25, -0.2) is 0 Å². The average Bonchev–Trinajstić information content (AvgIpc) is 3.26. The van der Waals surface area contributed by atoms with Gasteiger partial charge in [0, 0.05) is 24.7 Å². The van der Waals surface area contributed by atoms with Crippen LogP contribution in [-0.4, -0.2) is 34.9 Å². The number of fused-ring (bicyclic) bond motifs is 2. The van der Waals surface area contributed by atoms with Gasteiger partial charge in [0.25, 0.3) is 5.91 Å². The summed E-state index contributed by atoms with van der Waals surface area (Å²) in [4.78, 5) is 17.4. The van der Waals surface area contributed by atoms with Gasteiger partial charge < -0.3 is 15.1 Å². The van der Waals surface area contributed by atoms with Crippen LogP contribution in [-0.2, 0) is 0 Å². The highest BCUT2D eigenvalue weighted by Gasteiger charge is 2.28. The molecule has 0 radical (unpaired) electrons. The molecule has 0 fully saturated rings. The first-order chi connectivity index (χ1) is 16.6. The van der Waals surface area contributed by atoms with Crippen molar-refractivity contribution in [2.45, 2.75) is 25.3 Å². The number of aromatic nitrogens is 2. The second-order valence-electron chi connectivity index (χ2n) is 8.36. The number of nitrogens with zero attached hydrogens (tertiary/aromatic N) is 4. The highest BCUT2D eigenvalue weighted by molar-refractivity contribution is 6.07. The molecular weight excluding hydrogens is 428 g/mol. The van der Waals surface area contributed by atoms with Gasteiger partial charge in [-0.3, -0.25) is 9.79 Å². The van der Waals surface area contributed by atoms with Crippen molar-refractivity contribution in [3.63, 3.8) is 0 Å². The number of benzene rings is 2. The molecule has 1 aliphatic heterocycles. The smallest absolute Gasteiger partial charge is 0.256 e. The number of aryl methyl sites for hydroxylation is 1. The Balaban J connectivity index is 1.32. The van der Waals surface area contributed by atoms with Crippen molar-refractivity contribution in [1.82, 2.24) is 15.5 Å². The van der Waals surface area contributed by atoms with E-state index in [0.717, 1.165) is 22.5 Å². The zero-order chi connectivity index (χ0) is 23.5. The first-order valence-corrected chi connectivity index (χ1v) is 11.3. The number of carbonyl (C=O) groups excluding carboxylic acids is 1. The quantitative estimate of drug-likeness (QED) is 0.566. The molecule has 0 saturated heterocycles. The summed E-state index contributed by atoms with van der Waals surface area (Å²) in [7, 11) is 0. The van der Waals surface area contributed by atoms with Crippen LogP contribution in [0, 0.1) is 24.2 Å². The van der Waals surface area contributed by atoms with Crippen molar-refractivity contribution >= 4 is 17.3 Å². The van der Waals surface area contributed by atoms with Gasteiger partial charge in [-0.05, 0) is 35.8 Å². The van der Waals surface area contributed by atoms with Crippen molar-refractivity contribution in [3.05, 3.63) is 89.2 Å². The van der Waals surface area contributed by atoms with Crippen LogP contribution in [0.3, 0.4) is 0 Å². The summed E-state index contributed by atoms with van der Waals surface area (Å²) in [6, 6.07) is 17.7. The Labute approximate surface area is 197 Å². The van der Waals surface area contributed by atoms with Gasteiger partial charge in [0.05, 0.1) is 36.2 Å². The van der Waals surface area contributed by atoms with Crippen LogP contribution in [0.25, 0.3) is 0 Å². The second kappa shape index (κ2) is 9.41. The van der Waals surface area contributed by atoms with Crippen LogP contribution in [0.4, 0.5) is 5.69 Å². The average molecular weight is 453 g/mol. The van der Waals surface area contributed by atoms with Crippen LogP contribution in [0.5, 0.6) is 0 Å². The number of aliphatic imine (C=N–C) groups is 1. The molecule has 2 N–H and O–H groups in total. The third-order valence-corrected chi connectivity index (χ3v) is 6.15. The van der Waals surface area contributed by atoms with Gasteiger partial charge in [0.15, 0.2) is 0 Å². The molecule has 1 aliphatic carbocycles. The molecule has 5 rings (SSSR count). The lowest BCUT2D eigenvalue weighted by atomic mass is 9.86. The van der Waals surface area contributed by atoms with E-state index in [-0.39, 0.29) is 23.8 Å². The minimum absolute atomic E-state index is 0.0769. The fourth-order valence-electron chi connectivity index (χ4n) is 4.50. The lowest BCUT2D eigenvalue weighted by molar-refractivity contribution is 0.102. The van der Waals surface area contributed by atoms with E-state index in [2.05, 4.69) is 26.9 Å². The first-order valence-electron chi connectivity index (χ1n) is 11.3. The second-order valence-corrected chi connectivity index (χ2v) is 8.36. The summed E-state index contributed by atoms with van der Waals surface area (Å²) in [6.45, 7) is 2.84. The Bertz CT molecular complexity index is 1320. The minimum atomic E-state index is -0.330. The van der Waals surface area contributed by atoms with Crippen molar-refractivity contribution < 1.29 is 9.21 Å². The number of rotatable bonds is 5. The fourth-order valence-corrected chi connectivity index (χ4v) is 4.50. The predicted octanol–water partition coefficient (Wildman–Crippen LogP) is 3.95. The molecule has 34 heavy (non-hydrogen) atoms. The molecular formula is C26H24N6O2. The number of nitriles is 1. The minimum Gasteiger partial charge on any atom is -0.425 e. The lowest BCUT2D eigenvalue weighted by Gasteiger charge is -2.21. The number of amides is 1. The third-order valence-electron chi connectivity index (χ3n) is 6.15. The lowest BCUT2D eigenvalue weighted by Crippen LogP contribution is -2.26. The van der Waals surface area contributed by atoms with Crippen molar-refractivity contribution in [2.75, 3.05) is 18.4 Å². The molecule has 8 heteroatoms. The normalized spacial score (nSPS) is 22.4. The summed E-state index contributed by atoms with van der Waals surface area (Å²) in [5.74, 6) is 0.530. The topological polar surface area (TPSA) is 116 Å². The zero-order valence-corrected chi connectivity index (χ0v) is 18.7. The van der Waals surface area contributed by atoms with Crippen LogP contribution < -0.4 is 10.6 Å². The molecule has 2 aromatic carbocycles. The summed E-state index contributed by atoms with van der Waals surface area (Å²) < 4.78 is 5.53. The number of allylic oxidation sites excluding steroid dienone is 2. The molecule has 3 atom stereocenters. The fraction of sp³-hybridized carbons (Fsp3) is 0.269. The third kappa shape index (κ3) is 4.26. The van der Waals surface area contributed by atoms with Crippen LogP contribution >= 0.6 is 0 Å². The summed E-state index contributed by atoms with van der Waals surface area (Å²) in [5, 5.41) is 24.2. The van der Waals surface area contributed by atoms with Gasteiger partial charge in [0.1, 0.15) is 0 Å². The van der Waals surface area contributed by atoms with Gasteiger partial charge in [-0.2, -0.15) is 5.26 Å². The number of hydrogen-bond donors (Lipinski definition) is 2. The molecule has 170 valence electrons. The van der Waals surface area contributed by atoms with E-state index in [0.29, 0.717) is 36.9 Å². The van der Waals surface area contributed by atoms with E-state index in [9.17, 15) is 10.1 Å². The SMILES string of the molecule is Cc1nnc(C2C=CC(=NCCNC3c4ccccc4NC(=O)c4ccccc43)C(C#N)C2)o1. The van der Waals surface area contributed by atoms with Crippen molar-refractivity contribution in [1.29, 1.82) is 5.26 Å². The number of anilines is 1. The highest BCUT2D eigenvalue weighted by atomic mass is 16.4. The van der Waals surface area contributed by atoms with Crippen molar-refractivity contribution in [2.24, 2.45) is 10.9 Å². The summed E-state index contributed by atoms with van der Waals surface area (Å²) >= 11 is 0. The maximum absolute atomic E-state index is 12.7. The molecule has 1 aromatic heterocycles. The van der Waals surface area contributed by atoms with Gasteiger partial charge in [-0.15, -0.1) is 10.2 Å². The Morgan fingerprint density at radius 3 is 2.76 bits per heavy atom. The largest absolute Gasteiger partial charge is 0.425 e. The van der Waals surface area contributed by atoms with E-state index in [1.165, 1.54) is 0 Å². The Kier molecular flexibility index (Phi) is 6.02. The number of hydrogen-bond acceptors (Lipinski definition) is 7. The summed E-state index contributed by atoms with van der Waals surface area (Å²) in [5.41, 5.74) is 4.16. The van der Waals surface area contributed by atoms with E-state index in [4.69, 9.17) is 9.41 Å². The molecule has 0 spiro atoms. The molecule has 2 aliphatic rings. The number of para-hydroxylation sites is 1. The van der Waals surface area contributed by atoms with Crippen molar-refractivity contribution in [3.8, 4) is 6.07 Å². The van der Waals surface area contributed by atoms with E-state index in [1.54, 1.807) is 6.92 Å². The molecule has 0 bridgehead atoms. The van der Waals surface area contributed by atoms with Gasteiger partial charge in [0.2, 0.25) is 11.8 Å². The Morgan fingerprint density at radius 2 is 1.97 bits per heavy atom. The maximum Gasteiger partial charge on any atom is 0.256 e. The maximum atomic E-state index is 12.7. The molecule has 3 aromatic rings. The van der Waals surface area contributed by atoms with E-state index < -0.39 is 0 Å². The molecule has 2 heterocycles. The molecule has 0 saturated carbocycles. The van der Waals surface area contributed by atoms with Crippen LogP contribution in [0.2, 0.25) is 0 Å². The summed E-state index contributed by atoms with van der Waals surface area (Å²) in [6.07, 6.45) is 4.43. The predicted molar refractivity (Wildman–Crippen MR) is 128 cm³/mol. The van der Waals surface area contributed by atoms with Gasteiger partial charge >= 0.3 is 0 Å². The van der Waals surface area contributed by atoms with Crippen LogP contribution in [0.15, 0.2) is 70.1 Å². The zero-order valence-electron chi connectivity index (χ0n) is 18.7. The van der Waals surface area contributed by atoms with E-state index in [1.807, 2.05) is 60.7 Å². The van der Waals surface area contributed by atoms with Gasteiger partial charge in [-0.1, -0.05) is 42.5 Å². The number of nitrogens with one attached hydrogen (secondary N) is 2. The van der Waals surface area contributed by atoms with Crippen LogP contribution in [0.1, 0.15) is 51.6 Å². The first kappa shape index (κ1) is 21.7. The number of carbonyl (C=O) groups is 1.